The van der Waals surface area contributed by atoms with E-state index in [4.69, 9.17) is 0 Å². The number of rotatable bonds is 3. The van der Waals surface area contributed by atoms with Crippen LogP contribution in [0.4, 0.5) is 14.5 Å². The Morgan fingerprint density at radius 2 is 1.93 bits per heavy atom. The van der Waals surface area contributed by atoms with Crippen LogP contribution in [0.25, 0.3) is 0 Å². The highest BCUT2D eigenvalue weighted by molar-refractivity contribution is 5.92. The van der Waals surface area contributed by atoms with E-state index in [1.165, 1.54) is 6.07 Å². The maximum absolute atomic E-state index is 13.0. The van der Waals surface area contributed by atoms with E-state index in [1.54, 1.807) is 7.05 Å². The van der Waals surface area contributed by atoms with Crippen LogP contribution in [0.5, 0.6) is 0 Å². The fourth-order valence-electron chi connectivity index (χ4n) is 0.961. The molecule has 1 rings (SSSR count). The third-order valence-corrected chi connectivity index (χ3v) is 1.56. The van der Waals surface area contributed by atoms with E-state index in [0.29, 0.717) is 0 Å². The first-order chi connectivity index (χ1) is 6.65. The second kappa shape index (κ2) is 4.66. The summed E-state index contributed by atoms with van der Waals surface area (Å²) in [5, 5.41) is 4.70. The quantitative estimate of drug-likeness (QED) is 0.767. The van der Waals surface area contributed by atoms with Crippen LogP contribution in [-0.4, -0.2) is 19.5 Å². The molecule has 2 N–H and O–H groups in total. The van der Waals surface area contributed by atoms with Crippen molar-refractivity contribution in [2.75, 3.05) is 18.9 Å². The fraction of sp³-hybridized carbons (Fsp3) is 0.222. The molecule has 0 atom stereocenters. The third kappa shape index (κ3) is 2.50. The summed E-state index contributed by atoms with van der Waals surface area (Å²) in [6.07, 6.45) is 0. The van der Waals surface area contributed by atoms with Crippen molar-refractivity contribution >= 4 is 11.6 Å². The van der Waals surface area contributed by atoms with E-state index < -0.39 is 23.2 Å². The molecule has 3 nitrogen and oxygen atoms in total. The highest BCUT2D eigenvalue weighted by Crippen LogP contribution is 2.17. The van der Waals surface area contributed by atoms with Gasteiger partial charge in [0.15, 0.2) is 0 Å². The van der Waals surface area contributed by atoms with Gasteiger partial charge >= 0.3 is 0 Å². The summed E-state index contributed by atoms with van der Waals surface area (Å²) in [7, 11) is 1.57. The van der Waals surface area contributed by atoms with Crippen LogP contribution >= 0.6 is 0 Å². The molecule has 0 bridgehead atoms. The minimum atomic E-state index is -0.783. The van der Waals surface area contributed by atoms with Crippen LogP contribution in [-0.2, 0) is 4.79 Å². The highest BCUT2D eigenvalue weighted by atomic mass is 19.1. The summed E-state index contributed by atoms with van der Waals surface area (Å²) in [4.78, 5) is 11.0. The zero-order chi connectivity index (χ0) is 10.6. The van der Waals surface area contributed by atoms with Crippen LogP contribution in [0, 0.1) is 11.6 Å². The molecule has 0 heterocycles. The molecule has 76 valence electrons. The lowest BCUT2D eigenvalue weighted by molar-refractivity contribution is -0.115. The number of carbonyl (C=O) groups is 1. The Labute approximate surface area is 80.1 Å². The largest absolute Gasteiger partial charge is 0.320 e. The molecule has 0 spiro atoms. The Morgan fingerprint density at radius 3 is 2.43 bits per heavy atom. The summed E-state index contributed by atoms with van der Waals surface area (Å²) in [5.41, 5.74) is -0.409. The number of halogens is 2. The molecule has 1 amide bonds. The Kier molecular flexibility index (Phi) is 3.53. The average Bonchev–Trinajstić information content (AvgIpc) is 2.12. The van der Waals surface area contributed by atoms with E-state index in [9.17, 15) is 13.6 Å². The van der Waals surface area contributed by atoms with Gasteiger partial charge in [0.25, 0.3) is 0 Å². The smallest absolute Gasteiger partial charge is 0.238 e. The second-order valence-corrected chi connectivity index (χ2v) is 2.68. The molecule has 0 radical (unpaired) electrons. The van der Waals surface area contributed by atoms with Crippen molar-refractivity contribution < 1.29 is 13.6 Å². The molecule has 1 aromatic rings. The number of hydrogen-bond acceptors (Lipinski definition) is 2. The Balaban J connectivity index is 2.80. The van der Waals surface area contributed by atoms with Gasteiger partial charge in [-0.2, -0.15) is 0 Å². The lowest BCUT2D eigenvalue weighted by atomic mass is 10.3. The first kappa shape index (κ1) is 10.6. The molecule has 0 aliphatic heterocycles. The predicted molar refractivity (Wildman–Crippen MR) is 48.9 cm³/mol. The van der Waals surface area contributed by atoms with Crippen molar-refractivity contribution in [3.05, 3.63) is 29.8 Å². The van der Waals surface area contributed by atoms with Crippen molar-refractivity contribution in [1.29, 1.82) is 0 Å². The van der Waals surface area contributed by atoms with Gasteiger partial charge in [-0.05, 0) is 19.2 Å². The van der Waals surface area contributed by atoms with Gasteiger partial charge in [0.2, 0.25) is 5.91 Å². The maximum atomic E-state index is 13.0. The molecule has 5 heteroatoms. The van der Waals surface area contributed by atoms with E-state index in [1.807, 2.05) is 0 Å². The number of amides is 1. The van der Waals surface area contributed by atoms with Gasteiger partial charge in [-0.1, -0.05) is 6.07 Å². The van der Waals surface area contributed by atoms with Gasteiger partial charge in [-0.25, -0.2) is 8.78 Å². The molecular weight excluding hydrogens is 190 g/mol. The van der Waals surface area contributed by atoms with E-state index in [2.05, 4.69) is 10.6 Å². The SMILES string of the molecule is CNCC(=O)Nc1c(F)cccc1F. The van der Waals surface area contributed by atoms with Crippen molar-refractivity contribution in [1.82, 2.24) is 5.32 Å². The Hall–Kier alpha value is -1.49. The Morgan fingerprint density at radius 1 is 1.36 bits per heavy atom. The highest BCUT2D eigenvalue weighted by Gasteiger charge is 2.10. The standard InChI is InChI=1S/C9H10F2N2O/c1-12-5-8(14)13-9-6(10)3-2-4-7(9)11/h2-4,12H,5H2,1H3,(H,13,14). The molecule has 0 saturated heterocycles. The molecule has 0 unspecified atom stereocenters. The summed E-state index contributed by atoms with van der Waals surface area (Å²) in [6.45, 7) is 0.00771. The molecule has 0 aliphatic rings. The Bertz CT molecular complexity index is 321. The van der Waals surface area contributed by atoms with Crippen LogP contribution in [0.1, 0.15) is 0 Å². The van der Waals surface area contributed by atoms with Crippen molar-refractivity contribution in [3.63, 3.8) is 0 Å². The summed E-state index contributed by atoms with van der Waals surface area (Å²) in [6, 6.07) is 3.40. The number of carbonyl (C=O) groups excluding carboxylic acids is 1. The van der Waals surface area contributed by atoms with Gasteiger partial charge in [0.05, 0.1) is 6.54 Å². The van der Waals surface area contributed by atoms with E-state index in [-0.39, 0.29) is 6.54 Å². The zero-order valence-corrected chi connectivity index (χ0v) is 7.60. The number of para-hydroxylation sites is 1. The minimum absolute atomic E-state index is 0.00771. The lowest BCUT2D eigenvalue weighted by Gasteiger charge is -2.06. The molecule has 14 heavy (non-hydrogen) atoms. The van der Waals surface area contributed by atoms with Crippen LogP contribution < -0.4 is 10.6 Å². The second-order valence-electron chi connectivity index (χ2n) is 2.68. The van der Waals surface area contributed by atoms with E-state index >= 15 is 0 Å². The fourth-order valence-corrected chi connectivity index (χ4v) is 0.961. The summed E-state index contributed by atoms with van der Waals surface area (Å²) < 4.78 is 26.0. The van der Waals surface area contributed by atoms with Crippen molar-refractivity contribution in [3.8, 4) is 0 Å². The van der Waals surface area contributed by atoms with E-state index in [0.717, 1.165) is 12.1 Å². The first-order valence-electron chi connectivity index (χ1n) is 4.03. The van der Waals surface area contributed by atoms with Crippen LogP contribution in [0.2, 0.25) is 0 Å². The molecule has 0 saturated carbocycles. The van der Waals surface area contributed by atoms with Gasteiger partial charge < -0.3 is 10.6 Å². The van der Waals surface area contributed by atoms with Gasteiger partial charge in [0, 0.05) is 0 Å². The van der Waals surface area contributed by atoms with Crippen LogP contribution in [0.3, 0.4) is 0 Å². The summed E-state index contributed by atoms with van der Waals surface area (Å²) in [5.74, 6) is -2.06. The molecule has 0 aliphatic carbocycles. The first-order valence-corrected chi connectivity index (χ1v) is 4.03. The lowest BCUT2D eigenvalue weighted by Crippen LogP contribution is -2.25. The topological polar surface area (TPSA) is 41.1 Å². The predicted octanol–water partition coefficient (Wildman–Crippen LogP) is 1.12. The average molecular weight is 200 g/mol. The minimum Gasteiger partial charge on any atom is -0.320 e. The molecule has 0 aromatic heterocycles. The normalized spacial score (nSPS) is 9.93. The number of benzene rings is 1. The number of nitrogens with one attached hydrogen (secondary N) is 2. The van der Waals surface area contributed by atoms with Crippen molar-refractivity contribution in [2.24, 2.45) is 0 Å². The number of anilines is 1. The molecule has 0 fully saturated rings. The molecule has 1 aromatic carbocycles. The van der Waals surface area contributed by atoms with Gasteiger partial charge in [-0.3, -0.25) is 4.79 Å². The number of likely N-dealkylation sites (N-methyl/N-ethyl adjacent to an activating group) is 1. The maximum Gasteiger partial charge on any atom is 0.238 e. The molecular formula is C9H10F2N2O. The zero-order valence-electron chi connectivity index (χ0n) is 7.60. The number of hydrogen-bond donors (Lipinski definition) is 2. The van der Waals surface area contributed by atoms with Crippen LogP contribution in [0.15, 0.2) is 18.2 Å². The monoisotopic (exact) mass is 200 g/mol. The van der Waals surface area contributed by atoms with Gasteiger partial charge in [0.1, 0.15) is 17.3 Å². The van der Waals surface area contributed by atoms with Crippen molar-refractivity contribution in [2.45, 2.75) is 0 Å². The third-order valence-electron chi connectivity index (χ3n) is 1.56. The van der Waals surface area contributed by atoms with Gasteiger partial charge in [-0.15, -0.1) is 0 Å². The summed E-state index contributed by atoms with van der Waals surface area (Å²) >= 11 is 0.